The topological polar surface area (TPSA) is 64.7 Å². The molecule has 0 aliphatic heterocycles. The molecule has 1 aliphatic carbocycles. The van der Waals surface area contributed by atoms with Gasteiger partial charge < -0.3 is 5.32 Å². The molecule has 2 heterocycles. The Kier molecular flexibility index (Phi) is 3.76. The number of hydrogen-bond acceptors (Lipinski definition) is 3. The zero-order valence-electron chi connectivity index (χ0n) is 13.7. The Morgan fingerprint density at radius 1 is 1.45 bits per heavy atom. The highest BCUT2D eigenvalue weighted by molar-refractivity contribution is 5.96. The van der Waals surface area contributed by atoms with Gasteiger partial charge in [0, 0.05) is 30.5 Å². The summed E-state index contributed by atoms with van der Waals surface area (Å²) < 4.78 is 3.79. The average Bonchev–Trinajstić information content (AvgIpc) is 3.00. The van der Waals surface area contributed by atoms with Crippen LogP contribution in [0.25, 0.3) is 0 Å². The number of amides is 1. The zero-order chi connectivity index (χ0) is 15.9. The molecule has 1 amide bonds. The zero-order valence-corrected chi connectivity index (χ0v) is 13.7. The Balaban J connectivity index is 1.85. The normalized spacial score (nSPS) is 17.4. The molecule has 0 unspecified atom stereocenters. The fraction of sp³-hybridized carbons (Fsp3) is 0.562. The van der Waals surface area contributed by atoms with Gasteiger partial charge in [-0.15, -0.1) is 0 Å². The highest BCUT2D eigenvalue weighted by Gasteiger charge is 2.27. The lowest BCUT2D eigenvalue weighted by molar-refractivity contribution is 0.0931. The van der Waals surface area contributed by atoms with Crippen molar-refractivity contribution < 1.29 is 4.79 Å². The number of fused-ring (bicyclic) bond motifs is 1. The number of aromatic nitrogens is 4. The van der Waals surface area contributed by atoms with Crippen LogP contribution in [0.3, 0.4) is 0 Å². The Morgan fingerprint density at radius 2 is 2.23 bits per heavy atom. The van der Waals surface area contributed by atoms with Crippen molar-refractivity contribution in [2.75, 3.05) is 0 Å². The van der Waals surface area contributed by atoms with Gasteiger partial charge in [0.1, 0.15) is 0 Å². The van der Waals surface area contributed by atoms with Crippen molar-refractivity contribution in [1.82, 2.24) is 24.9 Å². The molecule has 6 heteroatoms. The summed E-state index contributed by atoms with van der Waals surface area (Å²) in [5.41, 5.74) is 4.81. The van der Waals surface area contributed by atoms with E-state index in [4.69, 9.17) is 0 Å². The molecule has 0 saturated heterocycles. The second-order valence-corrected chi connectivity index (χ2v) is 5.95. The van der Waals surface area contributed by atoms with Crippen LogP contribution < -0.4 is 5.32 Å². The maximum absolute atomic E-state index is 12.7. The molecule has 0 spiro atoms. The van der Waals surface area contributed by atoms with Gasteiger partial charge in [-0.3, -0.25) is 14.2 Å². The van der Waals surface area contributed by atoms with Crippen LogP contribution >= 0.6 is 0 Å². The van der Waals surface area contributed by atoms with Crippen LogP contribution in [0.5, 0.6) is 0 Å². The summed E-state index contributed by atoms with van der Waals surface area (Å²) in [6, 6.07) is 0.0497. The Bertz CT molecular complexity index is 712. The third-order valence-corrected chi connectivity index (χ3v) is 4.59. The van der Waals surface area contributed by atoms with Crippen LogP contribution in [0.15, 0.2) is 6.20 Å². The third-order valence-electron chi connectivity index (χ3n) is 4.59. The summed E-state index contributed by atoms with van der Waals surface area (Å²) in [5, 5.41) is 11.9. The lowest BCUT2D eigenvalue weighted by Gasteiger charge is -2.23. The molecule has 6 nitrogen and oxygen atoms in total. The standard InChI is InChI=1S/C16H23N5O/c1-5-21-11(3)15(10(2)19-21)16(22)18-13-7-6-8-14-12(13)9-17-20(14)4/h9,13H,5-8H2,1-4H3,(H,18,22)/t13-/m1/s1. The van der Waals surface area contributed by atoms with Gasteiger partial charge in [0.15, 0.2) is 0 Å². The first-order chi connectivity index (χ1) is 10.5. The summed E-state index contributed by atoms with van der Waals surface area (Å²) in [4.78, 5) is 12.7. The molecule has 2 aromatic heterocycles. The van der Waals surface area contributed by atoms with Crippen molar-refractivity contribution in [1.29, 1.82) is 0 Å². The lowest BCUT2D eigenvalue weighted by atomic mass is 9.92. The van der Waals surface area contributed by atoms with Crippen LogP contribution in [-0.4, -0.2) is 25.5 Å². The molecular weight excluding hydrogens is 278 g/mol. The van der Waals surface area contributed by atoms with Gasteiger partial charge in [0.25, 0.3) is 5.91 Å². The highest BCUT2D eigenvalue weighted by Crippen LogP contribution is 2.29. The van der Waals surface area contributed by atoms with Crippen molar-refractivity contribution in [2.24, 2.45) is 7.05 Å². The number of nitrogens with zero attached hydrogens (tertiary/aromatic N) is 4. The van der Waals surface area contributed by atoms with E-state index in [9.17, 15) is 4.79 Å². The van der Waals surface area contributed by atoms with E-state index in [1.165, 1.54) is 5.69 Å². The molecule has 0 bridgehead atoms. The fourth-order valence-electron chi connectivity index (χ4n) is 3.42. The molecule has 0 fully saturated rings. The van der Waals surface area contributed by atoms with E-state index in [0.29, 0.717) is 5.56 Å². The fourth-order valence-corrected chi connectivity index (χ4v) is 3.42. The van der Waals surface area contributed by atoms with Crippen LogP contribution in [0.1, 0.15) is 58.8 Å². The van der Waals surface area contributed by atoms with Crippen molar-refractivity contribution in [3.8, 4) is 0 Å². The molecule has 1 N–H and O–H groups in total. The number of carbonyl (C=O) groups is 1. The Morgan fingerprint density at radius 3 is 2.91 bits per heavy atom. The van der Waals surface area contributed by atoms with Gasteiger partial charge in [0.2, 0.25) is 0 Å². The molecule has 1 atom stereocenters. The van der Waals surface area contributed by atoms with Gasteiger partial charge in [-0.25, -0.2) is 0 Å². The van der Waals surface area contributed by atoms with E-state index >= 15 is 0 Å². The molecule has 0 aromatic carbocycles. The molecule has 118 valence electrons. The molecule has 0 radical (unpaired) electrons. The first-order valence-electron chi connectivity index (χ1n) is 7.88. The van der Waals surface area contributed by atoms with Gasteiger partial charge in [-0.2, -0.15) is 10.2 Å². The van der Waals surface area contributed by atoms with E-state index < -0.39 is 0 Å². The molecule has 0 saturated carbocycles. The molecular formula is C16H23N5O. The summed E-state index contributed by atoms with van der Waals surface area (Å²) in [6.07, 6.45) is 4.95. The van der Waals surface area contributed by atoms with E-state index in [-0.39, 0.29) is 11.9 Å². The van der Waals surface area contributed by atoms with Gasteiger partial charge in [0.05, 0.1) is 23.5 Å². The first-order valence-corrected chi connectivity index (χ1v) is 7.88. The van der Waals surface area contributed by atoms with Crippen molar-refractivity contribution in [3.63, 3.8) is 0 Å². The van der Waals surface area contributed by atoms with Gasteiger partial charge >= 0.3 is 0 Å². The second-order valence-electron chi connectivity index (χ2n) is 5.95. The smallest absolute Gasteiger partial charge is 0.255 e. The van der Waals surface area contributed by atoms with E-state index in [1.807, 2.05) is 43.4 Å². The molecule has 1 aliphatic rings. The number of nitrogens with one attached hydrogen (secondary N) is 1. The maximum atomic E-state index is 12.7. The van der Waals surface area contributed by atoms with E-state index in [2.05, 4.69) is 15.5 Å². The minimum atomic E-state index is -0.0311. The minimum Gasteiger partial charge on any atom is -0.345 e. The monoisotopic (exact) mass is 301 g/mol. The van der Waals surface area contributed by atoms with Crippen molar-refractivity contribution in [3.05, 3.63) is 34.4 Å². The van der Waals surface area contributed by atoms with Crippen LogP contribution in [0.2, 0.25) is 0 Å². The Hall–Kier alpha value is -2.11. The Labute approximate surface area is 130 Å². The van der Waals surface area contributed by atoms with Gasteiger partial charge in [-0.05, 0) is 40.0 Å². The largest absolute Gasteiger partial charge is 0.345 e. The van der Waals surface area contributed by atoms with E-state index in [1.54, 1.807) is 0 Å². The number of hydrogen-bond donors (Lipinski definition) is 1. The van der Waals surface area contributed by atoms with Crippen LogP contribution in [-0.2, 0) is 20.0 Å². The average molecular weight is 301 g/mol. The molecule has 22 heavy (non-hydrogen) atoms. The summed E-state index contributed by atoms with van der Waals surface area (Å²) in [6.45, 7) is 6.65. The first kappa shape index (κ1) is 14.8. The predicted octanol–water partition coefficient (Wildman–Crippen LogP) is 2.06. The quantitative estimate of drug-likeness (QED) is 0.943. The summed E-state index contributed by atoms with van der Waals surface area (Å²) in [5.74, 6) is -0.0311. The van der Waals surface area contributed by atoms with Crippen LogP contribution in [0, 0.1) is 13.8 Å². The molecule has 3 rings (SSSR count). The maximum Gasteiger partial charge on any atom is 0.255 e. The van der Waals surface area contributed by atoms with Gasteiger partial charge in [-0.1, -0.05) is 0 Å². The van der Waals surface area contributed by atoms with E-state index in [0.717, 1.165) is 42.8 Å². The number of aryl methyl sites for hydroxylation is 3. The lowest BCUT2D eigenvalue weighted by Crippen LogP contribution is -2.31. The number of rotatable bonds is 3. The highest BCUT2D eigenvalue weighted by atomic mass is 16.1. The third kappa shape index (κ3) is 2.32. The molecule has 2 aromatic rings. The summed E-state index contributed by atoms with van der Waals surface area (Å²) >= 11 is 0. The minimum absolute atomic E-state index is 0.0311. The predicted molar refractivity (Wildman–Crippen MR) is 83.7 cm³/mol. The second kappa shape index (κ2) is 5.59. The van der Waals surface area contributed by atoms with Crippen LogP contribution in [0.4, 0.5) is 0 Å². The van der Waals surface area contributed by atoms with Crippen molar-refractivity contribution in [2.45, 2.75) is 52.6 Å². The SMILES string of the molecule is CCn1nc(C)c(C(=O)N[C@@H]2CCCc3c2cnn3C)c1C. The number of carbonyl (C=O) groups excluding carboxylic acids is 1. The summed E-state index contributed by atoms with van der Waals surface area (Å²) in [7, 11) is 1.96. The van der Waals surface area contributed by atoms with Crippen molar-refractivity contribution >= 4 is 5.91 Å².